The molecule has 0 spiro atoms. The third-order valence-electron chi connectivity index (χ3n) is 4.52. The van der Waals surface area contributed by atoms with Crippen LogP contribution in [0.4, 0.5) is 0 Å². The van der Waals surface area contributed by atoms with E-state index in [1.54, 1.807) is 11.1 Å². The summed E-state index contributed by atoms with van der Waals surface area (Å²) < 4.78 is 0. The Kier molecular flexibility index (Phi) is 2.55. The van der Waals surface area contributed by atoms with Gasteiger partial charge in [0.15, 0.2) is 0 Å². The molecule has 17 heavy (non-hydrogen) atoms. The van der Waals surface area contributed by atoms with E-state index in [0.29, 0.717) is 0 Å². The van der Waals surface area contributed by atoms with E-state index in [4.69, 9.17) is 0 Å². The van der Waals surface area contributed by atoms with E-state index in [9.17, 15) is 0 Å². The van der Waals surface area contributed by atoms with Gasteiger partial charge in [0.25, 0.3) is 0 Å². The van der Waals surface area contributed by atoms with Crippen LogP contribution in [0.2, 0.25) is 19.6 Å². The first-order valence-corrected chi connectivity index (χ1v) is 10.4. The maximum absolute atomic E-state index is 2.54. The Bertz CT molecular complexity index is 453. The van der Waals surface area contributed by atoms with Gasteiger partial charge in [0.1, 0.15) is 0 Å². The number of allylic oxidation sites excluding steroid dienone is 2. The van der Waals surface area contributed by atoms with Crippen molar-refractivity contribution in [2.45, 2.75) is 43.9 Å². The number of fused-ring (bicyclic) bond motifs is 3. The van der Waals surface area contributed by atoms with Crippen LogP contribution in [0.5, 0.6) is 0 Å². The molecule has 0 saturated carbocycles. The Morgan fingerprint density at radius 2 is 1.76 bits per heavy atom. The summed E-state index contributed by atoms with van der Waals surface area (Å²) in [6.45, 7) is 7.61. The lowest BCUT2D eigenvalue weighted by Crippen LogP contribution is -2.35. The summed E-state index contributed by atoms with van der Waals surface area (Å²) in [7, 11) is -1.12. The highest BCUT2D eigenvalue weighted by atomic mass is 28.3. The van der Waals surface area contributed by atoms with Gasteiger partial charge in [-0.3, -0.25) is 0 Å². The van der Waals surface area contributed by atoms with E-state index in [0.717, 1.165) is 17.4 Å². The second-order valence-corrected chi connectivity index (χ2v) is 12.0. The Morgan fingerprint density at radius 1 is 1.06 bits per heavy atom. The molecule has 0 nitrogen and oxygen atoms in total. The van der Waals surface area contributed by atoms with Gasteiger partial charge in [0, 0.05) is 5.92 Å². The minimum Gasteiger partial charge on any atom is -0.0879 e. The first kappa shape index (κ1) is 11.3. The molecule has 3 rings (SSSR count). The summed E-state index contributed by atoms with van der Waals surface area (Å²) in [6.07, 6.45) is 7.55. The fourth-order valence-corrected chi connectivity index (χ4v) is 6.85. The van der Waals surface area contributed by atoms with E-state index in [2.05, 4.69) is 56.1 Å². The number of hydrogen-bond donors (Lipinski definition) is 0. The zero-order valence-corrected chi connectivity index (χ0v) is 12.1. The zero-order chi connectivity index (χ0) is 12.0. The predicted molar refractivity (Wildman–Crippen MR) is 77.1 cm³/mol. The molecular weight excluding hydrogens is 220 g/mol. The molecule has 0 bridgehead atoms. The first-order valence-electron chi connectivity index (χ1n) is 6.84. The maximum Gasteiger partial charge on any atom is 0.0525 e. The van der Waals surface area contributed by atoms with Crippen LogP contribution >= 0.6 is 0 Å². The molecular formula is C16H22Si. The Hall–Kier alpha value is -0.823. The van der Waals surface area contributed by atoms with Crippen molar-refractivity contribution in [3.63, 3.8) is 0 Å². The van der Waals surface area contributed by atoms with Crippen LogP contribution in [0, 0.1) is 5.92 Å². The molecule has 3 atom stereocenters. The Balaban J connectivity index is 2.14. The molecule has 2 aliphatic carbocycles. The topological polar surface area (TPSA) is 0 Å². The van der Waals surface area contributed by atoms with Gasteiger partial charge < -0.3 is 0 Å². The maximum atomic E-state index is 2.54. The average Bonchev–Trinajstić information content (AvgIpc) is 2.63. The smallest absolute Gasteiger partial charge is 0.0525 e. The van der Waals surface area contributed by atoms with Crippen molar-refractivity contribution < 1.29 is 0 Å². The quantitative estimate of drug-likeness (QED) is 0.494. The highest BCUT2D eigenvalue weighted by Gasteiger charge is 2.45. The van der Waals surface area contributed by atoms with Crippen molar-refractivity contribution in [1.29, 1.82) is 0 Å². The standard InChI is InChI=1S/C16H22Si/c1-17(2,3)16-14-10-6-4-8-12(14)13-9-5-7-11-15(13)16/h4-6,8-10,13,15-16H,7,11H2,1-3H3. The average molecular weight is 242 g/mol. The lowest BCUT2D eigenvalue weighted by atomic mass is 9.84. The van der Waals surface area contributed by atoms with E-state index < -0.39 is 8.07 Å². The third kappa shape index (κ3) is 1.72. The minimum absolute atomic E-state index is 0.719. The van der Waals surface area contributed by atoms with Crippen LogP contribution in [0.3, 0.4) is 0 Å². The first-order chi connectivity index (χ1) is 8.09. The van der Waals surface area contributed by atoms with Crippen LogP contribution in [-0.4, -0.2) is 8.07 Å². The molecule has 0 aromatic heterocycles. The van der Waals surface area contributed by atoms with Gasteiger partial charge >= 0.3 is 0 Å². The highest BCUT2D eigenvalue weighted by Crippen LogP contribution is 2.54. The van der Waals surface area contributed by atoms with Crippen LogP contribution in [0.15, 0.2) is 36.4 Å². The normalized spacial score (nSPS) is 31.1. The summed E-state index contributed by atoms with van der Waals surface area (Å²) in [6, 6.07) is 9.20. The van der Waals surface area contributed by atoms with Crippen molar-refractivity contribution in [2.75, 3.05) is 0 Å². The van der Waals surface area contributed by atoms with Gasteiger partial charge in [-0.2, -0.15) is 0 Å². The SMILES string of the molecule is C[Si](C)(C)C1c2ccccc2C2C=CCCC21. The van der Waals surface area contributed by atoms with Crippen molar-refractivity contribution in [3.05, 3.63) is 47.5 Å². The van der Waals surface area contributed by atoms with E-state index in [-0.39, 0.29) is 0 Å². The molecule has 3 unspecified atom stereocenters. The van der Waals surface area contributed by atoms with Gasteiger partial charge in [0.05, 0.1) is 8.07 Å². The number of rotatable bonds is 1. The number of hydrogen-bond acceptors (Lipinski definition) is 0. The van der Waals surface area contributed by atoms with Gasteiger partial charge in [-0.1, -0.05) is 56.1 Å². The molecule has 0 heterocycles. The lowest BCUT2D eigenvalue weighted by Gasteiger charge is -2.34. The molecule has 2 aliphatic rings. The third-order valence-corrected chi connectivity index (χ3v) is 7.13. The fourth-order valence-electron chi connectivity index (χ4n) is 4.00. The number of benzene rings is 1. The van der Waals surface area contributed by atoms with Crippen LogP contribution < -0.4 is 0 Å². The largest absolute Gasteiger partial charge is 0.0879 e. The van der Waals surface area contributed by atoms with Crippen molar-refractivity contribution in [1.82, 2.24) is 0 Å². The van der Waals surface area contributed by atoms with E-state index in [1.165, 1.54) is 12.8 Å². The summed E-state index contributed by atoms with van der Waals surface area (Å²) in [4.78, 5) is 0. The zero-order valence-electron chi connectivity index (χ0n) is 11.1. The fraction of sp³-hybridized carbons (Fsp3) is 0.500. The minimum atomic E-state index is -1.12. The lowest BCUT2D eigenvalue weighted by molar-refractivity contribution is 0.441. The summed E-state index contributed by atoms with van der Waals surface area (Å²) in [5, 5.41) is 0. The second kappa shape index (κ2) is 3.84. The van der Waals surface area contributed by atoms with Crippen LogP contribution in [0.1, 0.15) is 35.4 Å². The molecule has 1 aromatic carbocycles. The summed E-state index contributed by atoms with van der Waals surface area (Å²) >= 11 is 0. The second-order valence-electron chi connectivity index (χ2n) is 6.67. The Morgan fingerprint density at radius 3 is 2.47 bits per heavy atom. The monoisotopic (exact) mass is 242 g/mol. The predicted octanol–water partition coefficient (Wildman–Crippen LogP) is 4.71. The van der Waals surface area contributed by atoms with Crippen LogP contribution in [-0.2, 0) is 0 Å². The van der Waals surface area contributed by atoms with Crippen molar-refractivity contribution in [3.8, 4) is 0 Å². The molecule has 90 valence electrons. The summed E-state index contributed by atoms with van der Waals surface area (Å²) in [5.74, 6) is 1.61. The highest BCUT2D eigenvalue weighted by molar-refractivity contribution is 6.77. The van der Waals surface area contributed by atoms with E-state index >= 15 is 0 Å². The molecule has 0 fully saturated rings. The molecule has 1 heteroatoms. The Labute approximate surface area is 106 Å². The van der Waals surface area contributed by atoms with Gasteiger partial charge in [-0.05, 0) is 35.4 Å². The molecule has 0 radical (unpaired) electrons. The molecule has 0 N–H and O–H groups in total. The van der Waals surface area contributed by atoms with E-state index in [1.807, 2.05) is 0 Å². The van der Waals surface area contributed by atoms with Gasteiger partial charge in [-0.15, -0.1) is 0 Å². The molecule has 0 aliphatic heterocycles. The van der Waals surface area contributed by atoms with Crippen LogP contribution in [0.25, 0.3) is 0 Å². The van der Waals surface area contributed by atoms with Crippen molar-refractivity contribution in [2.24, 2.45) is 5.92 Å². The van der Waals surface area contributed by atoms with Gasteiger partial charge in [-0.25, -0.2) is 0 Å². The molecule has 0 saturated heterocycles. The van der Waals surface area contributed by atoms with Gasteiger partial charge in [0.2, 0.25) is 0 Å². The molecule has 0 amide bonds. The summed E-state index contributed by atoms with van der Waals surface area (Å²) in [5.41, 5.74) is 4.17. The molecule has 1 aromatic rings. The van der Waals surface area contributed by atoms with Crippen molar-refractivity contribution >= 4 is 8.07 Å².